The van der Waals surface area contributed by atoms with Crippen molar-refractivity contribution in [3.8, 4) is 11.5 Å². The largest absolute Gasteiger partial charge is 0.497 e. The lowest BCUT2D eigenvalue weighted by Gasteiger charge is -2.35. The molecule has 1 aliphatic rings. The van der Waals surface area contributed by atoms with Crippen LogP contribution in [-0.4, -0.2) is 38.9 Å². The molecule has 0 spiro atoms. The van der Waals surface area contributed by atoms with Crippen LogP contribution in [-0.2, 0) is 9.53 Å². The molecule has 20 heavy (non-hydrogen) atoms. The molecule has 5 nitrogen and oxygen atoms in total. The fraction of sp³-hybridized carbons (Fsp3) is 0.533. The minimum atomic E-state index is -0.582. The predicted molar refractivity (Wildman–Crippen MR) is 76.5 cm³/mol. The number of fused-ring (bicyclic) bond motifs is 1. The highest BCUT2D eigenvalue weighted by molar-refractivity contribution is 5.78. The number of benzene rings is 1. The summed E-state index contributed by atoms with van der Waals surface area (Å²) in [5, 5.41) is 0. The summed E-state index contributed by atoms with van der Waals surface area (Å²) < 4.78 is 16.0. The van der Waals surface area contributed by atoms with E-state index in [0.29, 0.717) is 24.7 Å². The molecular formula is C15H21NO4. The van der Waals surface area contributed by atoms with Gasteiger partial charge in [-0.1, -0.05) is 6.92 Å². The second-order valence-corrected chi connectivity index (χ2v) is 4.64. The first-order valence-corrected chi connectivity index (χ1v) is 6.95. The van der Waals surface area contributed by atoms with Gasteiger partial charge in [0.2, 0.25) is 6.10 Å². The molecule has 0 N–H and O–H groups in total. The van der Waals surface area contributed by atoms with E-state index >= 15 is 0 Å². The Bertz CT molecular complexity index is 475. The molecule has 0 fully saturated rings. The van der Waals surface area contributed by atoms with Crippen LogP contribution >= 0.6 is 0 Å². The minimum absolute atomic E-state index is 0.318. The van der Waals surface area contributed by atoms with Crippen molar-refractivity contribution in [1.82, 2.24) is 0 Å². The number of methoxy groups -OCH3 is 1. The zero-order valence-electron chi connectivity index (χ0n) is 12.2. The highest BCUT2D eigenvalue weighted by Gasteiger charge is 2.31. The average molecular weight is 279 g/mol. The first kappa shape index (κ1) is 14.5. The maximum Gasteiger partial charge on any atom is 0.349 e. The Hall–Kier alpha value is -1.91. The lowest BCUT2D eigenvalue weighted by atomic mass is 10.1. The third kappa shape index (κ3) is 2.98. The van der Waals surface area contributed by atoms with Crippen LogP contribution in [0.1, 0.15) is 20.3 Å². The van der Waals surface area contributed by atoms with Gasteiger partial charge in [-0.05, 0) is 25.5 Å². The first-order valence-electron chi connectivity index (χ1n) is 6.95. The highest BCUT2D eigenvalue weighted by Crippen LogP contribution is 2.36. The smallest absolute Gasteiger partial charge is 0.349 e. The van der Waals surface area contributed by atoms with Crippen molar-refractivity contribution in [2.45, 2.75) is 26.4 Å². The standard InChI is InChI=1S/C15H21NO4/c1-4-8-16-10-14(15(17)19-5-2)20-13-9-11(18-3)6-7-12(13)16/h6-7,9,14H,4-5,8,10H2,1-3H3. The van der Waals surface area contributed by atoms with E-state index in [1.54, 1.807) is 14.0 Å². The Balaban J connectivity index is 2.27. The normalized spacial score (nSPS) is 17.1. The molecule has 110 valence electrons. The molecular weight excluding hydrogens is 258 g/mol. The van der Waals surface area contributed by atoms with Gasteiger partial charge in [0.1, 0.15) is 11.5 Å². The van der Waals surface area contributed by atoms with Crippen LogP contribution in [0.2, 0.25) is 0 Å². The van der Waals surface area contributed by atoms with Gasteiger partial charge in [0.05, 0.1) is 25.9 Å². The molecule has 0 aliphatic carbocycles. The van der Waals surface area contributed by atoms with E-state index in [1.165, 1.54) is 0 Å². The number of hydrogen-bond donors (Lipinski definition) is 0. The van der Waals surface area contributed by atoms with Crippen LogP contribution in [0.25, 0.3) is 0 Å². The Labute approximate surface area is 119 Å². The number of rotatable bonds is 5. The molecule has 1 unspecified atom stereocenters. The number of nitrogens with zero attached hydrogens (tertiary/aromatic N) is 1. The van der Waals surface area contributed by atoms with Gasteiger partial charge in [0, 0.05) is 12.6 Å². The van der Waals surface area contributed by atoms with Gasteiger partial charge in [-0.15, -0.1) is 0 Å². The van der Waals surface area contributed by atoms with Crippen molar-refractivity contribution < 1.29 is 19.0 Å². The summed E-state index contributed by atoms with van der Waals surface area (Å²) in [5.74, 6) is 1.06. The van der Waals surface area contributed by atoms with Crippen LogP contribution in [0.4, 0.5) is 5.69 Å². The van der Waals surface area contributed by atoms with Crippen LogP contribution in [0.3, 0.4) is 0 Å². The van der Waals surface area contributed by atoms with Crippen molar-refractivity contribution >= 4 is 11.7 Å². The van der Waals surface area contributed by atoms with Crippen molar-refractivity contribution in [1.29, 1.82) is 0 Å². The maximum absolute atomic E-state index is 11.9. The lowest BCUT2D eigenvalue weighted by Crippen LogP contribution is -2.45. The van der Waals surface area contributed by atoms with Gasteiger partial charge in [-0.25, -0.2) is 4.79 Å². The molecule has 0 bridgehead atoms. The number of carbonyl (C=O) groups excluding carboxylic acids is 1. The first-order chi connectivity index (χ1) is 9.69. The SMILES string of the molecule is CCCN1CC(C(=O)OCC)Oc2cc(OC)ccc21. The third-order valence-corrected chi connectivity index (χ3v) is 3.21. The molecule has 1 aliphatic heterocycles. The summed E-state index contributed by atoms with van der Waals surface area (Å²) in [6, 6.07) is 5.67. The molecule has 1 heterocycles. The average Bonchev–Trinajstić information content (AvgIpc) is 2.47. The number of esters is 1. The van der Waals surface area contributed by atoms with Crippen LogP contribution in [0.5, 0.6) is 11.5 Å². The minimum Gasteiger partial charge on any atom is -0.497 e. The second kappa shape index (κ2) is 6.50. The Morgan fingerprint density at radius 1 is 1.45 bits per heavy atom. The summed E-state index contributed by atoms with van der Waals surface area (Å²) in [5.41, 5.74) is 0.994. The number of carbonyl (C=O) groups is 1. The van der Waals surface area contributed by atoms with Crippen molar-refractivity contribution in [2.75, 3.05) is 31.7 Å². The summed E-state index contributed by atoms with van der Waals surface area (Å²) >= 11 is 0. The second-order valence-electron chi connectivity index (χ2n) is 4.64. The summed E-state index contributed by atoms with van der Waals surface area (Å²) in [6.07, 6.45) is 0.419. The molecule has 0 saturated carbocycles. The van der Waals surface area contributed by atoms with Gasteiger partial charge in [-0.2, -0.15) is 0 Å². The molecule has 1 atom stereocenters. The number of hydrogen-bond acceptors (Lipinski definition) is 5. The van der Waals surface area contributed by atoms with Crippen molar-refractivity contribution in [2.24, 2.45) is 0 Å². The van der Waals surface area contributed by atoms with Gasteiger partial charge in [-0.3, -0.25) is 0 Å². The molecule has 0 amide bonds. The lowest BCUT2D eigenvalue weighted by molar-refractivity contribution is -0.151. The molecule has 1 aromatic carbocycles. The molecule has 2 rings (SSSR count). The van der Waals surface area contributed by atoms with Crippen LogP contribution in [0.15, 0.2) is 18.2 Å². The summed E-state index contributed by atoms with van der Waals surface area (Å²) in [7, 11) is 1.61. The van der Waals surface area contributed by atoms with E-state index in [0.717, 1.165) is 18.7 Å². The van der Waals surface area contributed by atoms with Crippen LogP contribution < -0.4 is 14.4 Å². The van der Waals surface area contributed by atoms with E-state index in [9.17, 15) is 4.79 Å². The van der Waals surface area contributed by atoms with Crippen molar-refractivity contribution in [3.05, 3.63) is 18.2 Å². The molecule has 0 saturated heterocycles. The van der Waals surface area contributed by atoms with Gasteiger partial charge in [0.15, 0.2) is 0 Å². The van der Waals surface area contributed by atoms with E-state index in [4.69, 9.17) is 14.2 Å². The third-order valence-electron chi connectivity index (χ3n) is 3.21. The summed E-state index contributed by atoms with van der Waals surface area (Å²) in [6.45, 7) is 5.65. The van der Waals surface area contributed by atoms with E-state index in [1.807, 2.05) is 18.2 Å². The number of ether oxygens (including phenoxy) is 3. The van der Waals surface area contributed by atoms with E-state index in [2.05, 4.69) is 11.8 Å². The molecule has 0 radical (unpaired) electrons. The van der Waals surface area contributed by atoms with Gasteiger partial charge >= 0.3 is 5.97 Å². The van der Waals surface area contributed by atoms with E-state index in [-0.39, 0.29) is 5.97 Å². The Morgan fingerprint density at radius 3 is 2.90 bits per heavy atom. The predicted octanol–water partition coefficient (Wildman–Crippen LogP) is 2.24. The van der Waals surface area contributed by atoms with Gasteiger partial charge in [0.25, 0.3) is 0 Å². The van der Waals surface area contributed by atoms with E-state index < -0.39 is 6.10 Å². The zero-order chi connectivity index (χ0) is 14.5. The molecule has 5 heteroatoms. The van der Waals surface area contributed by atoms with Crippen molar-refractivity contribution in [3.63, 3.8) is 0 Å². The quantitative estimate of drug-likeness (QED) is 0.774. The molecule has 0 aromatic heterocycles. The zero-order valence-corrected chi connectivity index (χ0v) is 12.2. The monoisotopic (exact) mass is 279 g/mol. The van der Waals surface area contributed by atoms with Gasteiger partial charge < -0.3 is 19.1 Å². The number of anilines is 1. The fourth-order valence-electron chi connectivity index (χ4n) is 2.31. The highest BCUT2D eigenvalue weighted by atomic mass is 16.6. The molecule has 1 aromatic rings. The topological polar surface area (TPSA) is 48.0 Å². The maximum atomic E-state index is 11.9. The van der Waals surface area contributed by atoms with Crippen LogP contribution in [0, 0.1) is 0 Å². The summed E-state index contributed by atoms with van der Waals surface area (Å²) in [4.78, 5) is 14.1. The fourth-order valence-corrected chi connectivity index (χ4v) is 2.31. The Morgan fingerprint density at radius 2 is 2.25 bits per heavy atom. The Kier molecular flexibility index (Phi) is 4.71.